The van der Waals surface area contributed by atoms with Crippen molar-refractivity contribution in [3.05, 3.63) is 45.8 Å². The Hall–Kier alpha value is -1.22. The van der Waals surface area contributed by atoms with Gasteiger partial charge in [-0.25, -0.2) is 0 Å². The number of hydrogen-bond donors (Lipinski definition) is 0. The highest BCUT2D eigenvalue weighted by molar-refractivity contribution is 9.10. The lowest BCUT2D eigenvalue weighted by Gasteiger charge is -1.97. The molecule has 2 rings (SSSR count). The van der Waals surface area contributed by atoms with E-state index in [-0.39, 0.29) is 0 Å². The highest BCUT2D eigenvalue weighted by Crippen LogP contribution is 2.23. The molecule has 0 aliphatic rings. The third kappa shape index (κ3) is 1.60. The molecule has 0 saturated carbocycles. The standard InChI is InChI=1S/C10H6BrNO/c11-9-3-1-8-6-10(12-13)4-2-7(8)5-9/h1-6H. The Morgan fingerprint density at radius 2 is 1.69 bits per heavy atom. The summed E-state index contributed by atoms with van der Waals surface area (Å²) < 4.78 is 1.03. The molecular formula is C10H6BrNO. The van der Waals surface area contributed by atoms with Gasteiger partial charge in [0.25, 0.3) is 0 Å². The lowest BCUT2D eigenvalue weighted by molar-refractivity contribution is 1.52. The Morgan fingerprint density at radius 1 is 1.00 bits per heavy atom. The molecule has 0 radical (unpaired) electrons. The molecular weight excluding hydrogens is 230 g/mol. The Kier molecular flexibility index (Phi) is 2.10. The smallest absolute Gasteiger partial charge is 0.108 e. The molecule has 3 heteroatoms. The molecule has 0 amide bonds. The zero-order valence-corrected chi connectivity index (χ0v) is 8.28. The van der Waals surface area contributed by atoms with Crippen molar-refractivity contribution in [3.8, 4) is 0 Å². The van der Waals surface area contributed by atoms with Gasteiger partial charge in [-0.2, -0.15) is 0 Å². The number of rotatable bonds is 1. The quantitative estimate of drug-likeness (QED) is 0.688. The Labute approximate surface area is 83.7 Å². The van der Waals surface area contributed by atoms with Gasteiger partial charge < -0.3 is 0 Å². The molecule has 2 aromatic rings. The van der Waals surface area contributed by atoms with E-state index in [0.29, 0.717) is 5.69 Å². The number of hydrogen-bond acceptors (Lipinski definition) is 2. The van der Waals surface area contributed by atoms with E-state index in [1.54, 1.807) is 12.1 Å². The summed E-state index contributed by atoms with van der Waals surface area (Å²) in [5, 5.41) is 5.01. The van der Waals surface area contributed by atoms with Crippen molar-refractivity contribution in [3.63, 3.8) is 0 Å². The third-order valence-electron chi connectivity index (χ3n) is 1.89. The lowest BCUT2D eigenvalue weighted by atomic mass is 10.1. The van der Waals surface area contributed by atoms with Crippen LogP contribution in [0.5, 0.6) is 0 Å². The van der Waals surface area contributed by atoms with Crippen LogP contribution in [0.25, 0.3) is 10.8 Å². The fourth-order valence-electron chi connectivity index (χ4n) is 1.26. The number of nitrogens with zero attached hydrogens (tertiary/aromatic N) is 1. The predicted molar refractivity (Wildman–Crippen MR) is 57.1 cm³/mol. The van der Waals surface area contributed by atoms with Gasteiger partial charge in [-0.15, -0.1) is 4.91 Å². The van der Waals surface area contributed by atoms with Crippen LogP contribution in [0.2, 0.25) is 0 Å². The zero-order chi connectivity index (χ0) is 9.26. The summed E-state index contributed by atoms with van der Waals surface area (Å²) in [6.45, 7) is 0. The van der Waals surface area contributed by atoms with Crippen molar-refractivity contribution < 1.29 is 0 Å². The summed E-state index contributed by atoms with van der Waals surface area (Å²) in [5.41, 5.74) is 0.467. The fraction of sp³-hybridized carbons (Fsp3) is 0. The van der Waals surface area contributed by atoms with E-state index in [1.165, 1.54) is 0 Å². The molecule has 0 fully saturated rings. The fourth-order valence-corrected chi connectivity index (χ4v) is 1.64. The van der Waals surface area contributed by atoms with Gasteiger partial charge in [0.05, 0.1) is 0 Å². The molecule has 0 bridgehead atoms. The van der Waals surface area contributed by atoms with Crippen molar-refractivity contribution in [1.82, 2.24) is 0 Å². The molecule has 2 aromatic carbocycles. The monoisotopic (exact) mass is 235 g/mol. The van der Waals surface area contributed by atoms with Crippen LogP contribution in [-0.2, 0) is 0 Å². The van der Waals surface area contributed by atoms with Gasteiger partial charge in [0.2, 0.25) is 0 Å². The van der Waals surface area contributed by atoms with Crippen LogP contribution in [0.15, 0.2) is 46.0 Å². The first-order valence-electron chi connectivity index (χ1n) is 3.82. The second-order valence-electron chi connectivity index (χ2n) is 2.77. The zero-order valence-electron chi connectivity index (χ0n) is 6.70. The first-order chi connectivity index (χ1) is 6.29. The molecule has 0 heterocycles. The second kappa shape index (κ2) is 3.26. The van der Waals surface area contributed by atoms with Crippen LogP contribution in [0.3, 0.4) is 0 Å². The molecule has 0 aromatic heterocycles. The van der Waals surface area contributed by atoms with Gasteiger partial charge in [0.1, 0.15) is 5.69 Å². The van der Waals surface area contributed by atoms with Crippen molar-refractivity contribution in [2.75, 3.05) is 0 Å². The van der Waals surface area contributed by atoms with Crippen LogP contribution in [0, 0.1) is 4.91 Å². The largest absolute Gasteiger partial charge is 0.145 e. The molecule has 13 heavy (non-hydrogen) atoms. The number of fused-ring (bicyclic) bond motifs is 1. The second-order valence-corrected chi connectivity index (χ2v) is 3.68. The van der Waals surface area contributed by atoms with Crippen LogP contribution in [-0.4, -0.2) is 0 Å². The van der Waals surface area contributed by atoms with Gasteiger partial charge in [-0.3, -0.25) is 0 Å². The van der Waals surface area contributed by atoms with Crippen molar-refractivity contribution in [2.45, 2.75) is 0 Å². The number of nitroso groups, excluding NO2 is 1. The van der Waals surface area contributed by atoms with Gasteiger partial charge >= 0.3 is 0 Å². The maximum absolute atomic E-state index is 10.3. The minimum atomic E-state index is 0.467. The average molecular weight is 236 g/mol. The summed E-state index contributed by atoms with van der Waals surface area (Å²) in [5.74, 6) is 0. The summed E-state index contributed by atoms with van der Waals surface area (Å²) in [4.78, 5) is 10.3. The first-order valence-corrected chi connectivity index (χ1v) is 4.61. The van der Waals surface area contributed by atoms with Crippen LogP contribution in [0.4, 0.5) is 5.69 Å². The number of benzene rings is 2. The highest BCUT2D eigenvalue weighted by atomic mass is 79.9. The molecule has 0 saturated heterocycles. The molecule has 64 valence electrons. The van der Waals surface area contributed by atoms with Crippen molar-refractivity contribution in [1.29, 1.82) is 0 Å². The van der Waals surface area contributed by atoms with E-state index >= 15 is 0 Å². The molecule has 0 spiro atoms. The Bertz CT molecular complexity index is 467. The minimum Gasteiger partial charge on any atom is -0.145 e. The van der Waals surface area contributed by atoms with Crippen molar-refractivity contribution >= 4 is 32.4 Å². The van der Waals surface area contributed by atoms with Gasteiger partial charge in [0.15, 0.2) is 0 Å². The molecule has 0 N–H and O–H groups in total. The number of halogens is 1. The third-order valence-corrected chi connectivity index (χ3v) is 2.38. The summed E-state index contributed by atoms with van der Waals surface area (Å²) in [6.07, 6.45) is 0. The summed E-state index contributed by atoms with van der Waals surface area (Å²) in [6, 6.07) is 11.3. The van der Waals surface area contributed by atoms with Gasteiger partial charge in [-0.05, 0) is 40.2 Å². The topological polar surface area (TPSA) is 29.4 Å². The highest BCUT2D eigenvalue weighted by Gasteiger charge is 1.96. The molecule has 0 atom stereocenters. The van der Waals surface area contributed by atoms with E-state index in [1.807, 2.05) is 24.3 Å². The van der Waals surface area contributed by atoms with E-state index in [9.17, 15) is 4.91 Å². The molecule has 0 unspecified atom stereocenters. The van der Waals surface area contributed by atoms with E-state index in [4.69, 9.17) is 0 Å². The van der Waals surface area contributed by atoms with E-state index < -0.39 is 0 Å². The average Bonchev–Trinajstić information content (AvgIpc) is 2.17. The van der Waals surface area contributed by atoms with Crippen LogP contribution < -0.4 is 0 Å². The SMILES string of the molecule is O=Nc1ccc2cc(Br)ccc2c1. The van der Waals surface area contributed by atoms with Crippen molar-refractivity contribution in [2.24, 2.45) is 5.18 Å². The van der Waals surface area contributed by atoms with Gasteiger partial charge in [0, 0.05) is 4.47 Å². The molecule has 2 nitrogen and oxygen atoms in total. The first kappa shape index (κ1) is 8.38. The van der Waals surface area contributed by atoms with E-state index in [2.05, 4.69) is 21.1 Å². The Balaban J connectivity index is 2.73. The summed E-state index contributed by atoms with van der Waals surface area (Å²) >= 11 is 3.38. The predicted octanol–water partition coefficient (Wildman–Crippen LogP) is 4.00. The lowest BCUT2D eigenvalue weighted by Crippen LogP contribution is -1.71. The maximum Gasteiger partial charge on any atom is 0.108 e. The normalized spacial score (nSPS) is 10.2. The summed E-state index contributed by atoms with van der Waals surface area (Å²) in [7, 11) is 0. The van der Waals surface area contributed by atoms with E-state index in [0.717, 1.165) is 15.2 Å². The Morgan fingerprint density at radius 3 is 2.46 bits per heavy atom. The van der Waals surface area contributed by atoms with Crippen LogP contribution >= 0.6 is 15.9 Å². The maximum atomic E-state index is 10.3. The molecule has 0 aliphatic heterocycles. The molecule has 0 aliphatic carbocycles. The minimum absolute atomic E-state index is 0.467. The van der Waals surface area contributed by atoms with Crippen LogP contribution in [0.1, 0.15) is 0 Å². The van der Waals surface area contributed by atoms with Gasteiger partial charge in [-0.1, -0.05) is 28.1 Å².